The van der Waals surface area contributed by atoms with E-state index in [0.717, 1.165) is 25.0 Å². The van der Waals surface area contributed by atoms with Gasteiger partial charge in [0, 0.05) is 17.9 Å². The van der Waals surface area contributed by atoms with E-state index in [1.165, 1.54) is 30.3 Å². The molecule has 2 aromatic carbocycles. The highest BCUT2D eigenvalue weighted by atomic mass is 35.5. The molecule has 1 aliphatic heterocycles. The maximum Gasteiger partial charge on any atom is 0.263 e. The number of rotatable bonds is 5. The number of nitrogens with one attached hydrogen (secondary N) is 2. The van der Waals surface area contributed by atoms with Gasteiger partial charge in [0.15, 0.2) is 0 Å². The number of anilines is 1. The van der Waals surface area contributed by atoms with Crippen molar-refractivity contribution in [2.75, 3.05) is 17.9 Å². The summed E-state index contributed by atoms with van der Waals surface area (Å²) in [4.78, 5) is 12.2. The Balaban J connectivity index is 1.81. The van der Waals surface area contributed by atoms with E-state index in [1.54, 1.807) is 0 Å². The van der Waals surface area contributed by atoms with E-state index in [2.05, 4.69) is 10.0 Å². The first kappa shape index (κ1) is 19.6. The van der Waals surface area contributed by atoms with Gasteiger partial charge in [-0.25, -0.2) is 12.8 Å². The lowest BCUT2D eigenvalue weighted by molar-refractivity contribution is 0.0624. The van der Waals surface area contributed by atoms with Crippen LogP contribution in [0.15, 0.2) is 47.4 Å². The third kappa shape index (κ3) is 4.97. The highest BCUT2D eigenvalue weighted by Crippen LogP contribution is 2.25. The van der Waals surface area contributed by atoms with Gasteiger partial charge in [0.05, 0.1) is 17.7 Å². The summed E-state index contributed by atoms with van der Waals surface area (Å²) in [7, 11) is -4.06. The highest BCUT2D eigenvalue weighted by molar-refractivity contribution is 7.92. The molecule has 6 nitrogen and oxygen atoms in total. The average Bonchev–Trinajstić information content (AvgIpc) is 2.64. The van der Waals surface area contributed by atoms with Crippen LogP contribution in [0.5, 0.6) is 0 Å². The van der Waals surface area contributed by atoms with Gasteiger partial charge in [0.25, 0.3) is 15.9 Å². The molecule has 9 heteroatoms. The SMILES string of the molecule is O=C(NC1CCCOC1)c1ccc(Cl)c(S(=O)(=O)Nc2ccc(F)cc2)c1. The van der Waals surface area contributed by atoms with Crippen LogP contribution in [-0.2, 0) is 14.8 Å². The molecule has 1 heterocycles. The number of carbonyl (C=O) groups excluding carboxylic acids is 1. The summed E-state index contributed by atoms with van der Waals surface area (Å²) >= 11 is 6.04. The van der Waals surface area contributed by atoms with Crippen molar-refractivity contribution < 1.29 is 22.3 Å². The van der Waals surface area contributed by atoms with Gasteiger partial charge in [-0.3, -0.25) is 9.52 Å². The normalized spacial score (nSPS) is 17.3. The molecule has 1 saturated heterocycles. The fourth-order valence-corrected chi connectivity index (χ4v) is 4.29. The number of hydrogen-bond acceptors (Lipinski definition) is 4. The molecular weight excluding hydrogens is 395 g/mol. The van der Waals surface area contributed by atoms with E-state index in [4.69, 9.17) is 16.3 Å². The summed E-state index contributed by atoms with van der Waals surface area (Å²) in [6.07, 6.45) is 1.66. The summed E-state index contributed by atoms with van der Waals surface area (Å²) in [6.45, 7) is 1.10. The summed E-state index contributed by atoms with van der Waals surface area (Å²) in [5, 5.41) is 2.80. The molecule has 1 fully saturated rings. The van der Waals surface area contributed by atoms with Crippen LogP contribution in [0.25, 0.3) is 0 Å². The van der Waals surface area contributed by atoms with Crippen LogP contribution in [0.4, 0.5) is 10.1 Å². The van der Waals surface area contributed by atoms with Crippen molar-refractivity contribution >= 4 is 33.2 Å². The van der Waals surface area contributed by atoms with Gasteiger partial charge in [0.2, 0.25) is 0 Å². The molecule has 144 valence electrons. The van der Waals surface area contributed by atoms with Crippen molar-refractivity contribution in [3.05, 3.63) is 58.9 Å². The fraction of sp³-hybridized carbons (Fsp3) is 0.278. The summed E-state index contributed by atoms with van der Waals surface area (Å²) in [5.74, 6) is -0.887. The number of benzene rings is 2. The van der Waals surface area contributed by atoms with Crippen LogP contribution in [0.3, 0.4) is 0 Å². The minimum absolute atomic E-state index is 0.0258. The second-order valence-electron chi connectivity index (χ2n) is 6.15. The monoisotopic (exact) mass is 412 g/mol. The fourth-order valence-electron chi connectivity index (χ4n) is 2.70. The lowest BCUT2D eigenvalue weighted by atomic mass is 10.1. The quantitative estimate of drug-likeness (QED) is 0.789. The lowest BCUT2D eigenvalue weighted by Crippen LogP contribution is -2.40. The van der Waals surface area contributed by atoms with Gasteiger partial charge < -0.3 is 10.1 Å². The number of carbonyl (C=O) groups is 1. The topological polar surface area (TPSA) is 84.5 Å². The first-order valence-electron chi connectivity index (χ1n) is 8.32. The molecule has 0 bridgehead atoms. The van der Waals surface area contributed by atoms with Crippen LogP contribution >= 0.6 is 11.6 Å². The van der Waals surface area contributed by atoms with Gasteiger partial charge in [-0.15, -0.1) is 0 Å². The van der Waals surface area contributed by atoms with Crippen molar-refractivity contribution in [1.29, 1.82) is 0 Å². The molecular formula is C18H18ClFN2O4S. The average molecular weight is 413 g/mol. The first-order chi connectivity index (χ1) is 12.8. The number of sulfonamides is 1. The summed E-state index contributed by atoms with van der Waals surface area (Å²) < 4.78 is 45.9. The number of ether oxygens (including phenoxy) is 1. The molecule has 1 unspecified atom stereocenters. The van der Waals surface area contributed by atoms with Crippen molar-refractivity contribution in [1.82, 2.24) is 5.32 Å². The smallest absolute Gasteiger partial charge is 0.263 e. The Morgan fingerprint density at radius 3 is 2.59 bits per heavy atom. The molecule has 0 spiro atoms. The molecule has 3 rings (SSSR count). The minimum Gasteiger partial charge on any atom is -0.379 e. The number of hydrogen-bond donors (Lipinski definition) is 2. The Kier molecular flexibility index (Phi) is 5.98. The Morgan fingerprint density at radius 1 is 1.19 bits per heavy atom. The van der Waals surface area contributed by atoms with Crippen LogP contribution < -0.4 is 10.0 Å². The Labute approximate surface area is 161 Å². The molecule has 1 amide bonds. The van der Waals surface area contributed by atoms with Crippen LogP contribution in [0, 0.1) is 5.82 Å². The standard InChI is InChI=1S/C18H18ClFN2O4S/c19-16-8-3-12(18(23)21-15-2-1-9-26-11-15)10-17(16)27(24,25)22-14-6-4-13(20)5-7-14/h3-8,10,15,22H,1-2,9,11H2,(H,21,23). The molecule has 1 aliphatic rings. The maximum atomic E-state index is 13.0. The van der Waals surface area contributed by atoms with Gasteiger partial charge >= 0.3 is 0 Å². The van der Waals surface area contributed by atoms with E-state index in [1.807, 2.05) is 0 Å². The van der Waals surface area contributed by atoms with Crippen molar-refractivity contribution in [3.8, 4) is 0 Å². The molecule has 27 heavy (non-hydrogen) atoms. The molecule has 0 saturated carbocycles. The highest BCUT2D eigenvalue weighted by Gasteiger charge is 2.22. The Hall–Kier alpha value is -2.16. The Morgan fingerprint density at radius 2 is 1.93 bits per heavy atom. The second kappa shape index (κ2) is 8.24. The molecule has 2 N–H and O–H groups in total. The first-order valence-corrected chi connectivity index (χ1v) is 10.2. The Bertz CT molecular complexity index is 929. The van der Waals surface area contributed by atoms with E-state index in [0.29, 0.717) is 13.2 Å². The zero-order valence-electron chi connectivity index (χ0n) is 14.2. The summed E-state index contributed by atoms with van der Waals surface area (Å²) in [6, 6.07) is 8.77. The van der Waals surface area contributed by atoms with Gasteiger partial charge in [-0.05, 0) is 55.3 Å². The zero-order valence-corrected chi connectivity index (χ0v) is 15.8. The summed E-state index contributed by atoms with van der Waals surface area (Å²) in [5.41, 5.74) is 0.353. The van der Waals surface area contributed by atoms with E-state index in [-0.39, 0.29) is 27.2 Å². The molecule has 0 aromatic heterocycles. The van der Waals surface area contributed by atoms with E-state index >= 15 is 0 Å². The van der Waals surface area contributed by atoms with Crippen LogP contribution in [0.2, 0.25) is 5.02 Å². The molecule has 0 radical (unpaired) electrons. The van der Waals surface area contributed by atoms with Crippen LogP contribution in [0.1, 0.15) is 23.2 Å². The second-order valence-corrected chi connectivity index (χ2v) is 8.20. The number of halogens is 2. The van der Waals surface area contributed by atoms with Crippen molar-refractivity contribution in [3.63, 3.8) is 0 Å². The lowest BCUT2D eigenvalue weighted by Gasteiger charge is -2.23. The minimum atomic E-state index is -4.06. The zero-order chi connectivity index (χ0) is 19.4. The molecule has 2 aromatic rings. The van der Waals surface area contributed by atoms with E-state index in [9.17, 15) is 17.6 Å². The maximum absolute atomic E-state index is 13.0. The third-order valence-electron chi connectivity index (χ3n) is 4.07. The predicted octanol–water partition coefficient (Wildman–Crippen LogP) is 3.19. The largest absolute Gasteiger partial charge is 0.379 e. The van der Waals surface area contributed by atoms with Gasteiger partial charge in [0.1, 0.15) is 10.7 Å². The van der Waals surface area contributed by atoms with Crippen molar-refractivity contribution in [2.45, 2.75) is 23.8 Å². The third-order valence-corrected chi connectivity index (χ3v) is 5.94. The predicted molar refractivity (Wildman–Crippen MR) is 100.0 cm³/mol. The van der Waals surface area contributed by atoms with Crippen molar-refractivity contribution in [2.24, 2.45) is 0 Å². The molecule has 0 aliphatic carbocycles. The van der Waals surface area contributed by atoms with E-state index < -0.39 is 21.7 Å². The van der Waals surface area contributed by atoms with Gasteiger partial charge in [-0.1, -0.05) is 11.6 Å². The molecule has 1 atom stereocenters. The number of amides is 1. The van der Waals surface area contributed by atoms with Gasteiger partial charge in [-0.2, -0.15) is 0 Å². The van der Waals surface area contributed by atoms with Crippen LogP contribution in [-0.4, -0.2) is 33.6 Å².